The number of oxazole rings is 1. The first-order valence-electron chi connectivity index (χ1n) is 7.01. The second-order valence-corrected chi connectivity index (χ2v) is 5.23. The van der Waals surface area contributed by atoms with Crippen molar-refractivity contribution in [2.75, 3.05) is 5.32 Å². The molecule has 2 N–H and O–H groups in total. The van der Waals surface area contributed by atoms with Gasteiger partial charge in [-0.2, -0.15) is 0 Å². The molecule has 2 unspecified atom stereocenters. The molecule has 112 valence electrons. The highest BCUT2D eigenvalue weighted by atomic mass is 16.4. The van der Waals surface area contributed by atoms with Gasteiger partial charge in [0.2, 0.25) is 11.8 Å². The Kier molecular flexibility index (Phi) is 4.75. The van der Waals surface area contributed by atoms with Crippen LogP contribution in [0.2, 0.25) is 0 Å². The number of aromatic nitrogens is 1. The Hall–Kier alpha value is -2.14. The van der Waals surface area contributed by atoms with E-state index in [1.807, 2.05) is 38.1 Å². The van der Waals surface area contributed by atoms with Crippen molar-refractivity contribution < 1.29 is 9.21 Å². The fourth-order valence-electron chi connectivity index (χ4n) is 2.20. The molecule has 2 aromatic rings. The van der Waals surface area contributed by atoms with Crippen LogP contribution in [0, 0.1) is 6.92 Å². The van der Waals surface area contributed by atoms with Gasteiger partial charge in [0.05, 0.1) is 12.2 Å². The third kappa shape index (κ3) is 4.16. The number of rotatable bonds is 5. The normalized spacial score (nSPS) is 13.7. The first-order chi connectivity index (χ1) is 9.95. The summed E-state index contributed by atoms with van der Waals surface area (Å²) in [6, 6.07) is 7.92. The van der Waals surface area contributed by atoms with Gasteiger partial charge in [0.15, 0.2) is 0 Å². The van der Waals surface area contributed by atoms with Gasteiger partial charge >= 0.3 is 0 Å². The molecule has 1 heterocycles. The van der Waals surface area contributed by atoms with Gasteiger partial charge in [-0.15, -0.1) is 0 Å². The molecular weight excluding hydrogens is 266 g/mol. The summed E-state index contributed by atoms with van der Waals surface area (Å²) in [6.07, 6.45) is 1.72. The summed E-state index contributed by atoms with van der Waals surface area (Å²) in [4.78, 5) is 15.3. The molecule has 0 fully saturated rings. The number of nitrogens with zero attached hydrogens (tertiary/aromatic N) is 1. The first kappa shape index (κ1) is 15.3. The lowest BCUT2D eigenvalue weighted by Crippen LogP contribution is -2.22. The van der Waals surface area contributed by atoms with Crippen molar-refractivity contribution in [2.45, 2.75) is 39.8 Å². The molecule has 1 amide bonds. The molecule has 0 saturated heterocycles. The van der Waals surface area contributed by atoms with Crippen molar-refractivity contribution in [3.63, 3.8) is 0 Å². The molecule has 1 aromatic heterocycles. The van der Waals surface area contributed by atoms with Crippen LogP contribution in [0.4, 0.5) is 5.69 Å². The van der Waals surface area contributed by atoms with E-state index >= 15 is 0 Å². The van der Waals surface area contributed by atoms with E-state index in [4.69, 9.17) is 4.42 Å². The third-order valence-corrected chi connectivity index (χ3v) is 3.22. The molecule has 0 spiro atoms. The fourth-order valence-corrected chi connectivity index (χ4v) is 2.20. The Morgan fingerprint density at radius 3 is 2.67 bits per heavy atom. The van der Waals surface area contributed by atoms with E-state index in [1.54, 1.807) is 6.20 Å². The van der Waals surface area contributed by atoms with Gasteiger partial charge in [-0.05, 0) is 38.5 Å². The van der Waals surface area contributed by atoms with Crippen LogP contribution in [0.1, 0.15) is 50.1 Å². The molecule has 21 heavy (non-hydrogen) atoms. The summed E-state index contributed by atoms with van der Waals surface area (Å²) >= 11 is 0. The molecular formula is C16H21N3O2. The SMILES string of the molecule is CC(=O)Nc1cccc(C(C)NC(C)c2ncc(C)o2)c1. The Balaban J connectivity index is 2.05. The van der Waals surface area contributed by atoms with Crippen LogP contribution >= 0.6 is 0 Å². The molecule has 0 aliphatic heterocycles. The van der Waals surface area contributed by atoms with Crippen molar-refractivity contribution in [3.8, 4) is 0 Å². The number of aryl methyl sites for hydroxylation is 1. The Morgan fingerprint density at radius 1 is 1.29 bits per heavy atom. The maximum absolute atomic E-state index is 11.1. The number of hydrogen-bond donors (Lipinski definition) is 2. The van der Waals surface area contributed by atoms with Gasteiger partial charge in [-0.3, -0.25) is 10.1 Å². The van der Waals surface area contributed by atoms with Crippen molar-refractivity contribution in [2.24, 2.45) is 0 Å². The van der Waals surface area contributed by atoms with Crippen LogP contribution in [-0.2, 0) is 4.79 Å². The lowest BCUT2D eigenvalue weighted by atomic mass is 10.1. The Morgan fingerprint density at radius 2 is 2.05 bits per heavy atom. The maximum Gasteiger partial charge on any atom is 0.221 e. The predicted octanol–water partition coefficient (Wildman–Crippen LogP) is 3.35. The number of benzene rings is 1. The van der Waals surface area contributed by atoms with Gasteiger partial charge in [0.1, 0.15) is 5.76 Å². The fraction of sp³-hybridized carbons (Fsp3) is 0.375. The van der Waals surface area contributed by atoms with Gasteiger partial charge < -0.3 is 9.73 Å². The highest BCUT2D eigenvalue weighted by Crippen LogP contribution is 2.21. The van der Waals surface area contributed by atoms with Crippen LogP contribution < -0.4 is 10.6 Å². The van der Waals surface area contributed by atoms with Crippen molar-refractivity contribution in [3.05, 3.63) is 47.7 Å². The zero-order valence-corrected chi connectivity index (χ0v) is 12.8. The van der Waals surface area contributed by atoms with Crippen LogP contribution in [0.3, 0.4) is 0 Å². The predicted molar refractivity (Wildman–Crippen MR) is 82.0 cm³/mol. The van der Waals surface area contributed by atoms with Crippen LogP contribution in [0.15, 0.2) is 34.9 Å². The van der Waals surface area contributed by atoms with Crippen molar-refractivity contribution in [1.29, 1.82) is 0 Å². The Labute approximate surface area is 124 Å². The van der Waals surface area contributed by atoms with E-state index in [0.29, 0.717) is 5.89 Å². The summed E-state index contributed by atoms with van der Waals surface area (Å²) in [7, 11) is 0. The van der Waals surface area contributed by atoms with E-state index in [0.717, 1.165) is 17.0 Å². The second-order valence-electron chi connectivity index (χ2n) is 5.23. The van der Waals surface area contributed by atoms with Gasteiger partial charge in [0, 0.05) is 18.7 Å². The van der Waals surface area contributed by atoms with Gasteiger partial charge in [-0.25, -0.2) is 4.98 Å². The summed E-state index contributed by atoms with van der Waals surface area (Å²) < 4.78 is 5.53. The number of amides is 1. The number of hydrogen-bond acceptors (Lipinski definition) is 4. The minimum Gasteiger partial charge on any atom is -0.444 e. The zero-order valence-electron chi connectivity index (χ0n) is 12.8. The maximum atomic E-state index is 11.1. The largest absolute Gasteiger partial charge is 0.444 e. The highest BCUT2D eigenvalue weighted by molar-refractivity contribution is 5.88. The smallest absolute Gasteiger partial charge is 0.221 e. The third-order valence-electron chi connectivity index (χ3n) is 3.22. The van der Waals surface area contributed by atoms with Crippen LogP contribution in [0.5, 0.6) is 0 Å². The van der Waals surface area contributed by atoms with E-state index in [1.165, 1.54) is 6.92 Å². The molecule has 2 rings (SSSR count). The number of nitrogens with one attached hydrogen (secondary N) is 2. The first-order valence-corrected chi connectivity index (χ1v) is 7.01. The average Bonchev–Trinajstić information content (AvgIpc) is 2.85. The standard InChI is InChI=1S/C16H21N3O2/c1-10-9-17-16(21-10)12(3)18-11(2)14-6-5-7-15(8-14)19-13(4)20/h5-9,11-12,18H,1-4H3,(H,19,20). The van der Waals surface area contributed by atoms with Gasteiger partial charge in [-0.1, -0.05) is 12.1 Å². The quantitative estimate of drug-likeness (QED) is 0.885. The number of anilines is 1. The van der Waals surface area contributed by atoms with E-state index < -0.39 is 0 Å². The van der Waals surface area contributed by atoms with E-state index in [2.05, 4.69) is 22.5 Å². The lowest BCUT2D eigenvalue weighted by Gasteiger charge is -2.19. The molecule has 0 bridgehead atoms. The Bertz CT molecular complexity index is 621. The molecule has 0 saturated carbocycles. The second kappa shape index (κ2) is 6.54. The number of carbonyl (C=O) groups is 1. The minimum atomic E-state index is -0.0728. The molecule has 0 radical (unpaired) electrons. The zero-order chi connectivity index (χ0) is 15.4. The van der Waals surface area contributed by atoms with Crippen molar-refractivity contribution in [1.82, 2.24) is 10.3 Å². The van der Waals surface area contributed by atoms with E-state index in [-0.39, 0.29) is 18.0 Å². The van der Waals surface area contributed by atoms with Crippen molar-refractivity contribution >= 4 is 11.6 Å². The molecule has 0 aliphatic rings. The number of carbonyl (C=O) groups excluding carboxylic acids is 1. The molecule has 5 heteroatoms. The molecule has 2 atom stereocenters. The van der Waals surface area contributed by atoms with Crippen LogP contribution in [0.25, 0.3) is 0 Å². The molecule has 0 aliphatic carbocycles. The highest BCUT2D eigenvalue weighted by Gasteiger charge is 2.15. The summed E-state index contributed by atoms with van der Waals surface area (Å²) in [5, 5.41) is 6.23. The average molecular weight is 287 g/mol. The van der Waals surface area contributed by atoms with Crippen LogP contribution in [-0.4, -0.2) is 10.9 Å². The monoisotopic (exact) mass is 287 g/mol. The van der Waals surface area contributed by atoms with Gasteiger partial charge in [0.25, 0.3) is 0 Å². The summed E-state index contributed by atoms with van der Waals surface area (Å²) in [6.45, 7) is 7.46. The molecule has 1 aromatic carbocycles. The summed E-state index contributed by atoms with van der Waals surface area (Å²) in [5.74, 6) is 1.41. The lowest BCUT2D eigenvalue weighted by molar-refractivity contribution is -0.114. The van der Waals surface area contributed by atoms with E-state index in [9.17, 15) is 4.79 Å². The topological polar surface area (TPSA) is 67.2 Å². The minimum absolute atomic E-state index is 0.0122. The summed E-state index contributed by atoms with van der Waals surface area (Å²) in [5.41, 5.74) is 1.89. The molecule has 5 nitrogen and oxygen atoms in total.